The molecule has 3 rings (SSSR count). The molecule has 0 aliphatic carbocycles. The van der Waals surface area contributed by atoms with Crippen LogP contribution in [-0.2, 0) is 19.1 Å². The van der Waals surface area contributed by atoms with E-state index in [0.29, 0.717) is 55.9 Å². The van der Waals surface area contributed by atoms with E-state index in [0.717, 1.165) is 22.2 Å². The van der Waals surface area contributed by atoms with Crippen molar-refractivity contribution in [3.63, 3.8) is 0 Å². The number of aliphatic carboxylic acids is 2. The van der Waals surface area contributed by atoms with E-state index in [1.54, 1.807) is 14.2 Å². The fourth-order valence-electron chi connectivity index (χ4n) is 2.83. The summed E-state index contributed by atoms with van der Waals surface area (Å²) in [6.45, 7) is 1.73. The molecule has 0 aliphatic heterocycles. The van der Waals surface area contributed by atoms with Crippen LogP contribution in [0.15, 0.2) is 54.9 Å². The summed E-state index contributed by atoms with van der Waals surface area (Å²) in [6, 6.07) is 11.3. The summed E-state index contributed by atoms with van der Waals surface area (Å²) in [4.78, 5) is 27.9. The Kier molecular flexibility index (Phi) is 11.9. The number of hydrogen-bond donors (Lipinski definition) is 3. The summed E-state index contributed by atoms with van der Waals surface area (Å²) in [5.41, 5.74) is 2.34. The standard InChI is InChI=1S/C22H23N3O4.C4H4O4/c1-4-16-6-5-7-17(12-16)25-22-18-13-20(28-10-8-26-2)21(29-11-9-27-3)14-19(18)23-15-24-22;5-3(6)1-2-4(7)8/h1,5-7,12-15H,8-11H2,2-3H3,(H,23,24,25);1-2H,(H,5,6)(H,7,8)/b;2-1+. The van der Waals surface area contributed by atoms with Crippen molar-refractivity contribution in [2.24, 2.45) is 0 Å². The second-order valence-corrected chi connectivity index (χ2v) is 7.08. The normalized spacial score (nSPS) is 10.3. The van der Waals surface area contributed by atoms with E-state index < -0.39 is 11.9 Å². The van der Waals surface area contributed by atoms with Gasteiger partial charge in [-0.3, -0.25) is 0 Å². The van der Waals surface area contributed by atoms with Gasteiger partial charge in [0.25, 0.3) is 0 Å². The highest BCUT2D eigenvalue weighted by molar-refractivity contribution is 5.93. The van der Waals surface area contributed by atoms with Crippen LogP contribution < -0.4 is 14.8 Å². The Labute approximate surface area is 213 Å². The molecular formula is C26H27N3O8. The molecule has 0 amide bonds. The predicted molar refractivity (Wildman–Crippen MR) is 136 cm³/mol. The van der Waals surface area contributed by atoms with Crippen molar-refractivity contribution in [3.8, 4) is 23.8 Å². The molecule has 0 fully saturated rings. The van der Waals surface area contributed by atoms with Gasteiger partial charge in [-0.2, -0.15) is 0 Å². The Morgan fingerprint density at radius 2 is 1.57 bits per heavy atom. The maximum Gasteiger partial charge on any atom is 0.328 e. The molecule has 0 unspecified atom stereocenters. The van der Waals surface area contributed by atoms with Gasteiger partial charge in [0, 0.05) is 49.1 Å². The Bertz CT molecular complexity index is 1250. The van der Waals surface area contributed by atoms with Gasteiger partial charge in [0.2, 0.25) is 0 Å². The van der Waals surface area contributed by atoms with Crippen molar-refractivity contribution in [2.75, 3.05) is 46.0 Å². The molecule has 0 radical (unpaired) electrons. The van der Waals surface area contributed by atoms with Gasteiger partial charge in [0.05, 0.1) is 18.7 Å². The molecule has 0 atom stereocenters. The molecule has 37 heavy (non-hydrogen) atoms. The van der Waals surface area contributed by atoms with Gasteiger partial charge < -0.3 is 34.5 Å². The van der Waals surface area contributed by atoms with Crippen molar-refractivity contribution >= 4 is 34.3 Å². The van der Waals surface area contributed by atoms with E-state index in [1.807, 2.05) is 36.4 Å². The molecule has 0 aliphatic rings. The van der Waals surface area contributed by atoms with Crippen LogP contribution in [0.3, 0.4) is 0 Å². The first kappa shape index (κ1) is 28.6. The lowest BCUT2D eigenvalue weighted by Crippen LogP contribution is -2.09. The van der Waals surface area contributed by atoms with E-state index in [-0.39, 0.29) is 0 Å². The largest absolute Gasteiger partial charge is 0.487 e. The number of rotatable bonds is 12. The molecule has 1 heterocycles. The zero-order valence-electron chi connectivity index (χ0n) is 20.3. The highest BCUT2D eigenvalue weighted by Gasteiger charge is 2.13. The monoisotopic (exact) mass is 509 g/mol. The molecule has 1 aromatic heterocycles. The Hall–Kier alpha value is -4.66. The number of carbonyl (C=O) groups is 2. The zero-order valence-corrected chi connectivity index (χ0v) is 20.3. The minimum atomic E-state index is -1.26. The van der Waals surface area contributed by atoms with Gasteiger partial charge in [-0.25, -0.2) is 19.6 Å². The van der Waals surface area contributed by atoms with E-state index >= 15 is 0 Å². The van der Waals surface area contributed by atoms with Gasteiger partial charge in [-0.15, -0.1) is 6.42 Å². The lowest BCUT2D eigenvalue weighted by Gasteiger charge is -2.15. The lowest BCUT2D eigenvalue weighted by atomic mass is 10.2. The summed E-state index contributed by atoms with van der Waals surface area (Å²) in [5, 5.41) is 19.7. The van der Waals surface area contributed by atoms with Crippen LogP contribution in [0, 0.1) is 12.3 Å². The summed E-state index contributed by atoms with van der Waals surface area (Å²) < 4.78 is 21.8. The number of benzene rings is 2. The van der Waals surface area contributed by atoms with Crippen molar-refractivity contribution in [1.82, 2.24) is 9.97 Å². The van der Waals surface area contributed by atoms with Crippen LogP contribution in [0.5, 0.6) is 11.5 Å². The average molecular weight is 510 g/mol. The first-order valence-electron chi connectivity index (χ1n) is 10.9. The van der Waals surface area contributed by atoms with Crippen molar-refractivity contribution in [2.45, 2.75) is 0 Å². The fraction of sp³-hybridized carbons (Fsp3) is 0.231. The molecule has 11 heteroatoms. The number of aromatic nitrogens is 2. The smallest absolute Gasteiger partial charge is 0.328 e. The quantitative estimate of drug-likeness (QED) is 0.188. The van der Waals surface area contributed by atoms with E-state index in [1.165, 1.54) is 6.33 Å². The molecule has 0 saturated carbocycles. The highest BCUT2D eigenvalue weighted by atomic mass is 16.5. The first-order chi connectivity index (χ1) is 17.9. The number of fused-ring (bicyclic) bond motifs is 1. The maximum atomic E-state index is 9.55. The molecular weight excluding hydrogens is 482 g/mol. The molecule has 0 saturated heterocycles. The molecule has 0 spiro atoms. The summed E-state index contributed by atoms with van der Waals surface area (Å²) in [5.74, 6) is 1.93. The Morgan fingerprint density at radius 1 is 0.946 bits per heavy atom. The number of anilines is 2. The van der Waals surface area contributed by atoms with Crippen molar-refractivity contribution in [3.05, 3.63) is 60.4 Å². The minimum absolute atomic E-state index is 0.392. The van der Waals surface area contributed by atoms with Crippen molar-refractivity contribution in [1.29, 1.82) is 0 Å². The van der Waals surface area contributed by atoms with Crippen LogP contribution in [-0.4, -0.2) is 72.8 Å². The number of methoxy groups -OCH3 is 2. The topological polar surface area (TPSA) is 149 Å². The number of terminal acetylenes is 1. The van der Waals surface area contributed by atoms with Gasteiger partial charge >= 0.3 is 11.9 Å². The molecule has 0 bridgehead atoms. The van der Waals surface area contributed by atoms with Crippen LogP contribution in [0.1, 0.15) is 5.56 Å². The maximum absolute atomic E-state index is 9.55. The Morgan fingerprint density at radius 3 is 2.14 bits per heavy atom. The number of hydrogen-bond acceptors (Lipinski definition) is 9. The predicted octanol–water partition coefficient (Wildman–Crippen LogP) is 3.12. The van der Waals surface area contributed by atoms with Gasteiger partial charge in [0.15, 0.2) is 11.5 Å². The van der Waals surface area contributed by atoms with Crippen LogP contribution in [0.2, 0.25) is 0 Å². The van der Waals surface area contributed by atoms with Gasteiger partial charge in [0.1, 0.15) is 25.4 Å². The van der Waals surface area contributed by atoms with Crippen LogP contribution >= 0.6 is 0 Å². The van der Waals surface area contributed by atoms with E-state index in [2.05, 4.69) is 21.2 Å². The molecule has 11 nitrogen and oxygen atoms in total. The Balaban J connectivity index is 0.000000521. The van der Waals surface area contributed by atoms with Gasteiger partial charge in [-0.05, 0) is 24.3 Å². The summed E-state index contributed by atoms with van der Waals surface area (Å²) >= 11 is 0. The molecule has 3 N–H and O–H groups in total. The second kappa shape index (κ2) is 15.4. The van der Waals surface area contributed by atoms with Crippen LogP contribution in [0.25, 0.3) is 10.9 Å². The fourth-order valence-corrected chi connectivity index (χ4v) is 2.83. The second-order valence-electron chi connectivity index (χ2n) is 7.08. The number of nitrogens with one attached hydrogen (secondary N) is 1. The lowest BCUT2D eigenvalue weighted by molar-refractivity contribution is -0.134. The number of carboxylic acids is 2. The third-order valence-corrected chi connectivity index (χ3v) is 4.45. The van der Waals surface area contributed by atoms with Crippen LogP contribution in [0.4, 0.5) is 11.5 Å². The van der Waals surface area contributed by atoms with Gasteiger partial charge in [-0.1, -0.05) is 12.0 Å². The van der Waals surface area contributed by atoms with E-state index in [9.17, 15) is 9.59 Å². The third-order valence-electron chi connectivity index (χ3n) is 4.45. The number of ether oxygens (including phenoxy) is 4. The summed E-state index contributed by atoms with van der Waals surface area (Å²) in [6.07, 6.45) is 8.11. The third kappa shape index (κ3) is 9.85. The highest BCUT2D eigenvalue weighted by Crippen LogP contribution is 2.35. The van der Waals surface area contributed by atoms with Crippen molar-refractivity contribution < 1.29 is 38.7 Å². The molecule has 3 aromatic rings. The van der Waals surface area contributed by atoms with E-state index in [4.69, 9.17) is 35.6 Å². The zero-order chi connectivity index (χ0) is 27.0. The SMILES string of the molecule is C#Cc1cccc(Nc2ncnc3cc(OCCOC)c(OCCOC)cc23)c1.O=C(O)/C=C/C(=O)O. The average Bonchev–Trinajstić information content (AvgIpc) is 2.88. The number of carboxylic acid groups (broad SMARTS) is 2. The number of nitrogens with zero attached hydrogens (tertiary/aromatic N) is 2. The minimum Gasteiger partial charge on any atom is -0.487 e. The molecule has 194 valence electrons. The molecule has 2 aromatic carbocycles. The first-order valence-corrected chi connectivity index (χ1v) is 10.9. The summed E-state index contributed by atoms with van der Waals surface area (Å²) in [7, 11) is 3.25.